The van der Waals surface area contributed by atoms with Crippen LogP contribution in [0.5, 0.6) is 0 Å². The average Bonchev–Trinajstić information content (AvgIpc) is 2.55. The Hall–Kier alpha value is -0.0400. The van der Waals surface area contributed by atoms with Gasteiger partial charge in [-0.2, -0.15) is 0 Å². The van der Waals surface area contributed by atoms with Crippen molar-refractivity contribution in [1.82, 2.24) is 5.32 Å². The van der Waals surface area contributed by atoms with E-state index in [0.717, 1.165) is 23.3 Å². The Morgan fingerprint density at radius 3 is 2.82 bits per heavy atom. The second-order valence-corrected chi connectivity index (χ2v) is 4.71. The van der Waals surface area contributed by atoms with Crippen LogP contribution in [0.4, 0.5) is 0 Å². The maximum atomic E-state index is 3.67. The van der Waals surface area contributed by atoms with Gasteiger partial charge in [-0.15, -0.1) is 0 Å². The summed E-state index contributed by atoms with van der Waals surface area (Å²) in [5.74, 6) is 2.18. The molecule has 4 unspecified atom stereocenters. The molecule has 0 amide bonds. The molecule has 2 aliphatic carbocycles. The fraction of sp³-hybridized carbons (Fsp3) is 1.00. The summed E-state index contributed by atoms with van der Waals surface area (Å²) in [6.45, 7) is 3.70. The van der Waals surface area contributed by atoms with E-state index >= 15 is 0 Å². The summed E-state index contributed by atoms with van der Waals surface area (Å²) in [4.78, 5) is 0. The van der Waals surface area contributed by atoms with Gasteiger partial charge in [0, 0.05) is 12.6 Å². The van der Waals surface area contributed by atoms with Crippen LogP contribution in [0.15, 0.2) is 0 Å². The van der Waals surface area contributed by atoms with E-state index in [9.17, 15) is 0 Å². The molecule has 3 aliphatic rings. The Morgan fingerprint density at radius 2 is 2.36 bits per heavy atom. The zero-order valence-corrected chi connectivity index (χ0v) is 7.27. The fourth-order valence-corrected chi connectivity index (χ4v) is 3.51. The normalized spacial score (nSPS) is 59.2. The third-order valence-corrected chi connectivity index (χ3v) is 4.48. The summed E-state index contributed by atoms with van der Waals surface area (Å²) in [5.41, 5.74) is 0.817. The van der Waals surface area contributed by atoms with Gasteiger partial charge in [0.05, 0.1) is 0 Å². The van der Waals surface area contributed by atoms with Crippen molar-refractivity contribution in [3.63, 3.8) is 0 Å². The van der Waals surface area contributed by atoms with Crippen LogP contribution in [-0.4, -0.2) is 12.6 Å². The molecule has 1 nitrogen and oxygen atoms in total. The Kier molecular flexibility index (Phi) is 1.07. The molecule has 0 aromatic carbocycles. The topological polar surface area (TPSA) is 12.0 Å². The van der Waals surface area contributed by atoms with Crippen LogP contribution in [0.2, 0.25) is 0 Å². The van der Waals surface area contributed by atoms with E-state index in [1.165, 1.54) is 32.2 Å². The van der Waals surface area contributed by atoms with Crippen LogP contribution >= 0.6 is 0 Å². The average molecular weight is 151 g/mol. The first-order valence-electron chi connectivity index (χ1n) is 5.10. The largest absolute Gasteiger partial charge is 0.313 e. The minimum absolute atomic E-state index is 0.817. The van der Waals surface area contributed by atoms with E-state index in [1.807, 2.05) is 0 Å². The van der Waals surface area contributed by atoms with Crippen LogP contribution in [0.25, 0.3) is 0 Å². The number of hydrogen-bond acceptors (Lipinski definition) is 1. The van der Waals surface area contributed by atoms with Crippen molar-refractivity contribution in [3.05, 3.63) is 0 Å². The molecule has 4 atom stereocenters. The van der Waals surface area contributed by atoms with Gasteiger partial charge in [-0.05, 0) is 36.5 Å². The molecule has 3 fully saturated rings. The van der Waals surface area contributed by atoms with Crippen molar-refractivity contribution in [1.29, 1.82) is 0 Å². The first-order chi connectivity index (χ1) is 5.37. The molecule has 2 saturated carbocycles. The van der Waals surface area contributed by atoms with Crippen molar-refractivity contribution in [2.24, 2.45) is 17.3 Å². The molecular weight excluding hydrogens is 134 g/mol. The molecule has 0 radical (unpaired) electrons. The van der Waals surface area contributed by atoms with Crippen LogP contribution in [-0.2, 0) is 0 Å². The van der Waals surface area contributed by atoms with Crippen molar-refractivity contribution in [2.75, 3.05) is 6.54 Å². The molecule has 1 spiro atoms. The van der Waals surface area contributed by atoms with Gasteiger partial charge in [0.15, 0.2) is 0 Å². The van der Waals surface area contributed by atoms with Gasteiger partial charge in [-0.3, -0.25) is 0 Å². The molecule has 0 aromatic rings. The van der Waals surface area contributed by atoms with E-state index in [2.05, 4.69) is 12.2 Å². The molecule has 0 aromatic heterocycles. The van der Waals surface area contributed by atoms with Gasteiger partial charge in [0.1, 0.15) is 0 Å². The quantitative estimate of drug-likeness (QED) is 0.602. The third-order valence-electron chi connectivity index (χ3n) is 4.48. The predicted octanol–water partition coefficient (Wildman–Crippen LogP) is 1.78. The number of rotatable bonds is 1. The molecule has 1 saturated heterocycles. The molecule has 1 heterocycles. The monoisotopic (exact) mass is 151 g/mol. The standard InChI is InChI=1S/C10H17N/c1-2-7-5-10(7)6-11-9-4-3-8(9)10/h7-9,11H,2-6H2,1H3. The lowest BCUT2D eigenvalue weighted by Gasteiger charge is -2.34. The van der Waals surface area contributed by atoms with Crippen molar-refractivity contribution in [3.8, 4) is 0 Å². The van der Waals surface area contributed by atoms with Crippen LogP contribution < -0.4 is 5.32 Å². The third kappa shape index (κ3) is 0.618. The molecule has 62 valence electrons. The van der Waals surface area contributed by atoms with E-state index < -0.39 is 0 Å². The highest BCUT2D eigenvalue weighted by Crippen LogP contribution is 2.66. The zero-order chi connectivity index (χ0) is 7.47. The minimum atomic E-state index is 0.817. The summed E-state index contributed by atoms with van der Waals surface area (Å²) in [6.07, 6.45) is 5.94. The predicted molar refractivity (Wildman–Crippen MR) is 45.3 cm³/mol. The smallest absolute Gasteiger partial charge is 0.0102 e. The lowest BCUT2D eigenvalue weighted by Crippen LogP contribution is -2.37. The number of hydrogen-bond donors (Lipinski definition) is 1. The fourth-order valence-electron chi connectivity index (χ4n) is 3.51. The summed E-state index contributed by atoms with van der Waals surface area (Å²) in [5, 5.41) is 3.67. The highest BCUT2D eigenvalue weighted by molar-refractivity contribution is 5.17. The second-order valence-electron chi connectivity index (χ2n) is 4.71. The van der Waals surface area contributed by atoms with Crippen LogP contribution in [0.1, 0.15) is 32.6 Å². The minimum Gasteiger partial charge on any atom is -0.313 e. The van der Waals surface area contributed by atoms with Gasteiger partial charge in [-0.1, -0.05) is 13.3 Å². The second kappa shape index (κ2) is 1.82. The summed E-state index contributed by atoms with van der Waals surface area (Å²) in [7, 11) is 0. The lowest BCUT2D eigenvalue weighted by atomic mass is 9.72. The molecule has 0 bridgehead atoms. The molecule has 1 heteroatoms. The SMILES string of the molecule is CCC1CC12CNC1CCC12. The van der Waals surface area contributed by atoms with E-state index in [-0.39, 0.29) is 0 Å². The zero-order valence-electron chi connectivity index (χ0n) is 7.27. The molecule has 3 rings (SSSR count). The Morgan fingerprint density at radius 1 is 1.45 bits per heavy atom. The summed E-state index contributed by atoms with van der Waals surface area (Å²) >= 11 is 0. The number of fused-ring (bicyclic) bond motifs is 2. The first kappa shape index (κ1) is 6.47. The van der Waals surface area contributed by atoms with E-state index in [0.29, 0.717) is 0 Å². The Balaban J connectivity index is 1.80. The molecular formula is C10H17N. The highest BCUT2D eigenvalue weighted by atomic mass is 15.0. The summed E-state index contributed by atoms with van der Waals surface area (Å²) < 4.78 is 0. The van der Waals surface area contributed by atoms with Gasteiger partial charge in [0.2, 0.25) is 0 Å². The maximum Gasteiger partial charge on any atom is 0.0102 e. The maximum absolute atomic E-state index is 3.67. The Bertz CT molecular complexity index is 189. The Labute approximate surface area is 68.6 Å². The van der Waals surface area contributed by atoms with E-state index in [1.54, 1.807) is 0 Å². The lowest BCUT2D eigenvalue weighted by molar-refractivity contribution is 0.198. The molecule has 1 aliphatic heterocycles. The summed E-state index contributed by atoms with van der Waals surface area (Å²) in [6, 6.07) is 0.937. The van der Waals surface area contributed by atoms with Crippen LogP contribution in [0.3, 0.4) is 0 Å². The van der Waals surface area contributed by atoms with Gasteiger partial charge in [-0.25, -0.2) is 0 Å². The van der Waals surface area contributed by atoms with Gasteiger partial charge < -0.3 is 5.32 Å². The van der Waals surface area contributed by atoms with Crippen molar-refractivity contribution < 1.29 is 0 Å². The molecule has 1 N–H and O–H groups in total. The molecule has 11 heavy (non-hydrogen) atoms. The van der Waals surface area contributed by atoms with E-state index in [4.69, 9.17) is 0 Å². The number of nitrogens with one attached hydrogen (secondary N) is 1. The van der Waals surface area contributed by atoms with Crippen molar-refractivity contribution in [2.45, 2.75) is 38.6 Å². The van der Waals surface area contributed by atoms with Gasteiger partial charge in [0.25, 0.3) is 0 Å². The highest BCUT2D eigenvalue weighted by Gasteiger charge is 2.64. The van der Waals surface area contributed by atoms with Gasteiger partial charge >= 0.3 is 0 Å². The van der Waals surface area contributed by atoms with Crippen LogP contribution in [0, 0.1) is 17.3 Å². The van der Waals surface area contributed by atoms with Crippen molar-refractivity contribution >= 4 is 0 Å². The first-order valence-corrected chi connectivity index (χ1v) is 5.10.